The lowest BCUT2D eigenvalue weighted by Crippen LogP contribution is -2.50. The van der Waals surface area contributed by atoms with E-state index in [2.05, 4.69) is 0 Å². The fourth-order valence-corrected chi connectivity index (χ4v) is 7.12. The van der Waals surface area contributed by atoms with Crippen LogP contribution in [0.25, 0.3) is 0 Å². The molecule has 0 bridgehead atoms. The lowest BCUT2D eigenvalue weighted by Gasteiger charge is -2.34. The standard InChI is InChI=1S/C21H25N3O4S2/c1-14-12-20(15(2)29-14)30(27,28)23-10-8-22(9-11-23)21(26)18-4-5-19-17(13-18)6-7-24(19)16(3)25/h4-5,12-13H,6-11H2,1-3H3. The number of anilines is 1. The summed E-state index contributed by atoms with van der Waals surface area (Å²) in [7, 11) is -3.54. The van der Waals surface area contributed by atoms with Gasteiger partial charge in [-0.15, -0.1) is 11.3 Å². The van der Waals surface area contributed by atoms with Crippen LogP contribution in [0.15, 0.2) is 29.2 Å². The van der Waals surface area contributed by atoms with Crippen molar-refractivity contribution in [3.8, 4) is 0 Å². The van der Waals surface area contributed by atoms with Gasteiger partial charge in [0.2, 0.25) is 15.9 Å². The first-order valence-electron chi connectivity index (χ1n) is 9.96. The van der Waals surface area contributed by atoms with Crippen LogP contribution in [0.5, 0.6) is 0 Å². The van der Waals surface area contributed by atoms with E-state index in [9.17, 15) is 18.0 Å². The van der Waals surface area contributed by atoms with E-state index >= 15 is 0 Å². The van der Waals surface area contributed by atoms with Gasteiger partial charge in [-0.2, -0.15) is 4.31 Å². The average molecular weight is 448 g/mol. The topological polar surface area (TPSA) is 78.0 Å². The Bertz CT molecular complexity index is 1120. The number of sulfonamides is 1. The minimum absolute atomic E-state index is 0.00112. The number of thiophene rings is 1. The van der Waals surface area contributed by atoms with Crippen molar-refractivity contribution in [2.45, 2.75) is 32.1 Å². The normalized spacial score (nSPS) is 17.3. The van der Waals surface area contributed by atoms with Crippen LogP contribution >= 0.6 is 11.3 Å². The fourth-order valence-electron chi connectivity index (χ4n) is 4.18. The summed E-state index contributed by atoms with van der Waals surface area (Å²) in [5, 5.41) is 0. The zero-order chi connectivity index (χ0) is 21.6. The summed E-state index contributed by atoms with van der Waals surface area (Å²) in [5.74, 6) is -0.0973. The van der Waals surface area contributed by atoms with Crippen molar-refractivity contribution in [3.05, 3.63) is 45.1 Å². The molecule has 30 heavy (non-hydrogen) atoms. The fraction of sp³-hybridized carbons (Fsp3) is 0.429. The van der Waals surface area contributed by atoms with Gasteiger partial charge in [-0.1, -0.05) is 0 Å². The molecule has 9 heteroatoms. The highest BCUT2D eigenvalue weighted by atomic mass is 32.2. The molecule has 1 aromatic carbocycles. The number of amides is 2. The van der Waals surface area contributed by atoms with Crippen molar-refractivity contribution in [2.75, 3.05) is 37.6 Å². The molecular weight excluding hydrogens is 422 g/mol. The van der Waals surface area contributed by atoms with Gasteiger partial charge in [-0.3, -0.25) is 9.59 Å². The molecule has 2 aliphatic heterocycles. The first-order chi connectivity index (χ1) is 14.2. The summed E-state index contributed by atoms with van der Waals surface area (Å²) in [4.78, 5) is 30.3. The summed E-state index contributed by atoms with van der Waals surface area (Å²) in [6.07, 6.45) is 0.738. The molecule has 0 aliphatic carbocycles. The van der Waals surface area contributed by atoms with Crippen molar-refractivity contribution in [2.24, 2.45) is 0 Å². The molecule has 7 nitrogen and oxygen atoms in total. The molecule has 4 rings (SSSR count). The zero-order valence-electron chi connectivity index (χ0n) is 17.3. The molecule has 3 heterocycles. The van der Waals surface area contributed by atoms with Gasteiger partial charge in [-0.05, 0) is 50.1 Å². The quantitative estimate of drug-likeness (QED) is 0.724. The number of nitrogens with zero attached hydrogens (tertiary/aromatic N) is 3. The second kappa shape index (κ2) is 7.79. The van der Waals surface area contributed by atoms with Crippen molar-refractivity contribution < 1.29 is 18.0 Å². The Morgan fingerprint density at radius 2 is 1.70 bits per heavy atom. The monoisotopic (exact) mass is 447 g/mol. The predicted octanol–water partition coefficient (Wildman–Crippen LogP) is 2.42. The smallest absolute Gasteiger partial charge is 0.253 e. The van der Waals surface area contributed by atoms with Crippen LogP contribution in [-0.2, 0) is 21.2 Å². The van der Waals surface area contributed by atoms with E-state index in [1.54, 1.807) is 28.9 Å². The molecule has 2 amide bonds. The van der Waals surface area contributed by atoms with E-state index in [0.717, 1.165) is 27.4 Å². The molecule has 0 radical (unpaired) electrons. The highest BCUT2D eigenvalue weighted by Crippen LogP contribution is 2.30. The number of rotatable bonds is 3. The Labute approximate surface area is 180 Å². The number of piperazine rings is 1. The SMILES string of the molecule is CC(=O)N1CCc2cc(C(=O)N3CCN(S(=O)(=O)c4cc(C)sc4C)CC3)ccc21. The van der Waals surface area contributed by atoms with Gasteiger partial charge >= 0.3 is 0 Å². The van der Waals surface area contributed by atoms with Crippen LogP contribution in [0.4, 0.5) is 5.69 Å². The van der Waals surface area contributed by atoms with Gasteiger partial charge in [0.15, 0.2) is 0 Å². The number of hydrogen-bond donors (Lipinski definition) is 0. The molecular formula is C21H25N3O4S2. The van der Waals surface area contributed by atoms with Crippen LogP contribution < -0.4 is 4.90 Å². The molecule has 160 valence electrons. The lowest BCUT2D eigenvalue weighted by atomic mass is 10.1. The summed E-state index contributed by atoms with van der Waals surface area (Å²) < 4.78 is 27.4. The van der Waals surface area contributed by atoms with Crippen LogP contribution in [0.1, 0.15) is 32.6 Å². The van der Waals surface area contributed by atoms with Crippen molar-refractivity contribution in [1.82, 2.24) is 9.21 Å². The molecule has 1 fully saturated rings. The molecule has 1 saturated heterocycles. The van der Waals surface area contributed by atoms with E-state index in [4.69, 9.17) is 0 Å². The maximum absolute atomic E-state index is 13.0. The number of carbonyl (C=O) groups is 2. The Balaban J connectivity index is 1.45. The van der Waals surface area contributed by atoms with Crippen LogP contribution in [0, 0.1) is 13.8 Å². The van der Waals surface area contributed by atoms with Gasteiger partial charge in [0.25, 0.3) is 5.91 Å². The first kappa shape index (κ1) is 21.0. The van der Waals surface area contributed by atoms with E-state index in [0.29, 0.717) is 30.1 Å². The van der Waals surface area contributed by atoms with Crippen LogP contribution in [-0.4, -0.2) is 62.2 Å². The van der Waals surface area contributed by atoms with Gasteiger partial charge in [-0.25, -0.2) is 8.42 Å². The highest BCUT2D eigenvalue weighted by Gasteiger charge is 2.32. The Hall–Kier alpha value is -2.23. The summed E-state index contributed by atoms with van der Waals surface area (Å²) in [5.41, 5.74) is 2.46. The third-order valence-corrected chi connectivity index (χ3v) is 8.86. The third kappa shape index (κ3) is 3.66. The predicted molar refractivity (Wildman–Crippen MR) is 117 cm³/mol. The molecule has 0 N–H and O–H groups in total. The van der Waals surface area contributed by atoms with Gasteiger partial charge in [0, 0.05) is 60.7 Å². The van der Waals surface area contributed by atoms with Crippen LogP contribution in [0.3, 0.4) is 0 Å². The second-order valence-corrected chi connectivity index (χ2v) is 11.1. The molecule has 2 aliphatic rings. The highest BCUT2D eigenvalue weighted by molar-refractivity contribution is 7.89. The van der Waals surface area contributed by atoms with E-state index in [-0.39, 0.29) is 24.9 Å². The van der Waals surface area contributed by atoms with Crippen molar-refractivity contribution in [1.29, 1.82) is 0 Å². The molecule has 0 saturated carbocycles. The van der Waals surface area contributed by atoms with Crippen LogP contribution in [0.2, 0.25) is 0 Å². The lowest BCUT2D eigenvalue weighted by molar-refractivity contribution is -0.116. The van der Waals surface area contributed by atoms with Gasteiger partial charge in [0.1, 0.15) is 0 Å². The average Bonchev–Trinajstić information content (AvgIpc) is 3.29. The molecule has 0 atom stereocenters. The molecule has 0 unspecified atom stereocenters. The molecule has 0 spiro atoms. The van der Waals surface area contributed by atoms with E-state index in [1.165, 1.54) is 15.6 Å². The number of fused-ring (bicyclic) bond motifs is 1. The third-order valence-electron chi connectivity index (χ3n) is 5.74. The maximum Gasteiger partial charge on any atom is 0.253 e. The zero-order valence-corrected chi connectivity index (χ0v) is 19.0. The van der Waals surface area contributed by atoms with Crippen molar-refractivity contribution >= 4 is 38.9 Å². The van der Waals surface area contributed by atoms with Crippen molar-refractivity contribution in [3.63, 3.8) is 0 Å². The first-order valence-corrected chi connectivity index (χ1v) is 12.2. The number of carbonyl (C=O) groups excluding carboxylic acids is 2. The summed E-state index contributed by atoms with van der Waals surface area (Å²) in [6, 6.07) is 7.17. The Morgan fingerprint density at radius 3 is 2.30 bits per heavy atom. The van der Waals surface area contributed by atoms with Gasteiger partial charge in [0.05, 0.1) is 4.90 Å². The summed E-state index contributed by atoms with van der Waals surface area (Å²) >= 11 is 1.48. The second-order valence-electron chi connectivity index (χ2n) is 7.74. The minimum atomic E-state index is -3.54. The van der Waals surface area contributed by atoms with E-state index in [1.807, 2.05) is 26.0 Å². The summed E-state index contributed by atoms with van der Waals surface area (Å²) in [6.45, 7) is 7.19. The molecule has 1 aromatic heterocycles. The Kier molecular flexibility index (Phi) is 5.46. The number of benzene rings is 1. The van der Waals surface area contributed by atoms with E-state index < -0.39 is 10.0 Å². The maximum atomic E-state index is 13.0. The largest absolute Gasteiger partial charge is 0.336 e. The number of aryl methyl sites for hydroxylation is 2. The molecule has 2 aromatic rings. The Morgan fingerprint density at radius 1 is 1.00 bits per heavy atom. The minimum Gasteiger partial charge on any atom is -0.336 e. The van der Waals surface area contributed by atoms with Gasteiger partial charge < -0.3 is 9.80 Å². The number of hydrogen-bond acceptors (Lipinski definition) is 5.